The number of hydrogen-bond acceptors (Lipinski definition) is 5. The third-order valence-electron chi connectivity index (χ3n) is 5.02. The summed E-state index contributed by atoms with van der Waals surface area (Å²) in [6.45, 7) is 1.60. The topological polar surface area (TPSA) is 63.9 Å². The van der Waals surface area contributed by atoms with E-state index in [1.165, 1.54) is 6.33 Å². The molecular weight excluding hydrogens is 371 g/mol. The molecule has 3 heterocycles. The fourth-order valence-electron chi connectivity index (χ4n) is 3.55. The zero-order valence-electron chi connectivity index (χ0n) is 14.9. The average Bonchev–Trinajstić information content (AvgIpc) is 2.69. The van der Waals surface area contributed by atoms with Crippen molar-refractivity contribution >= 4 is 16.7 Å². The smallest absolute Gasteiger partial charge is 0.356 e. The molecule has 2 aromatic heterocycles. The monoisotopic (exact) mass is 389 g/mol. The van der Waals surface area contributed by atoms with Gasteiger partial charge in [0.1, 0.15) is 12.1 Å². The summed E-state index contributed by atoms with van der Waals surface area (Å²) in [7, 11) is 0. The first kappa shape index (κ1) is 18.4. The normalized spacial score (nSPS) is 15.9. The van der Waals surface area contributed by atoms with E-state index >= 15 is 0 Å². The van der Waals surface area contributed by atoms with Gasteiger partial charge in [-0.1, -0.05) is 12.1 Å². The molecular formula is C19H18F3N5O. The number of hydrogen-bond donors (Lipinski definition) is 0. The molecule has 0 aliphatic carbocycles. The van der Waals surface area contributed by atoms with Crippen LogP contribution in [0, 0.1) is 5.92 Å². The van der Waals surface area contributed by atoms with Crippen molar-refractivity contribution in [1.29, 1.82) is 0 Å². The van der Waals surface area contributed by atoms with Crippen molar-refractivity contribution in [3.63, 3.8) is 0 Å². The van der Waals surface area contributed by atoms with Crippen molar-refractivity contribution in [3.8, 4) is 0 Å². The number of rotatable bonds is 3. The Hall–Kier alpha value is -2.97. The molecule has 1 fully saturated rings. The highest BCUT2D eigenvalue weighted by Crippen LogP contribution is 2.29. The summed E-state index contributed by atoms with van der Waals surface area (Å²) in [6.07, 6.45) is -1.55. The van der Waals surface area contributed by atoms with E-state index in [-0.39, 0.29) is 12.5 Å². The van der Waals surface area contributed by atoms with Crippen LogP contribution in [-0.2, 0) is 12.7 Å². The van der Waals surface area contributed by atoms with E-state index in [4.69, 9.17) is 0 Å². The number of alkyl halides is 3. The Morgan fingerprint density at radius 1 is 1.04 bits per heavy atom. The van der Waals surface area contributed by atoms with Crippen LogP contribution in [0.15, 0.2) is 47.5 Å². The number of benzene rings is 1. The minimum absolute atomic E-state index is 0.0815. The molecule has 146 valence electrons. The summed E-state index contributed by atoms with van der Waals surface area (Å²) in [5.41, 5.74) is -0.691. The summed E-state index contributed by atoms with van der Waals surface area (Å²) in [5.74, 6) is 0.941. The molecule has 0 unspecified atom stereocenters. The second-order valence-corrected chi connectivity index (χ2v) is 6.88. The van der Waals surface area contributed by atoms with E-state index in [0.29, 0.717) is 13.1 Å². The standard InChI is InChI=1S/C19H18F3N5O/c20-19(21,22)16-5-6-17(28)27(25-16)11-13-7-9-26(10-8-13)18-14-3-1-2-4-15(14)23-12-24-18/h1-6,12-13H,7-11H2. The van der Waals surface area contributed by atoms with Gasteiger partial charge in [0.05, 0.1) is 5.52 Å². The van der Waals surface area contributed by atoms with E-state index < -0.39 is 17.4 Å². The number of anilines is 1. The predicted molar refractivity (Wildman–Crippen MR) is 98.0 cm³/mol. The lowest BCUT2D eigenvalue weighted by atomic mass is 9.96. The maximum Gasteiger partial charge on any atom is 0.435 e. The van der Waals surface area contributed by atoms with E-state index in [2.05, 4.69) is 20.0 Å². The molecule has 0 radical (unpaired) electrons. The predicted octanol–water partition coefficient (Wildman–Crippen LogP) is 3.12. The summed E-state index contributed by atoms with van der Waals surface area (Å²) < 4.78 is 39.5. The van der Waals surface area contributed by atoms with Gasteiger partial charge in [-0.2, -0.15) is 18.3 Å². The molecule has 9 heteroatoms. The van der Waals surface area contributed by atoms with Crippen LogP contribution >= 0.6 is 0 Å². The van der Waals surface area contributed by atoms with Crippen LogP contribution in [0.2, 0.25) is 0 Å². The number of para-hydroxylation sites is 1. The number of fused-ring (bicyclic) bond motifs is 1. The van der Waals surface area contributed by atoms with Gasteiger partial charge in [0.25, 0.3) is 5.56 Å². The van der Waals surface area contributed by atoms with E-state index in [0.717, 1.165) is 46.4 Å². The van der Waals surface area contributed by atoms with Gasteiger partial charge in [0.2, 0.25) is 0 Å². The second-order valence-electron chi connectivity index (χ2n) is 6.88. The van der Waals surface area contributed by atoms with Gasteiger partial charge >= 0.3 is 6.18 Å². The van der Waals surface area contributed by atoms with E-state index in [1.54, 1.807) is 0 Å². The van der Waals surface area contributed by atoms with Gasteiger partial charge in [-0.25, -0.2) is 14.6 Å². The molecule has 1 saturated heterocycles. The molecule has 28 heavy (non-hydrogen) atoms. The summed E-state index contributed by atoms with van der Waals surface area (Å²) in [6, 6.07) is 9.42. The highest BCUT2D eigenvalue weighted by Gasteiger charge is 2.33. The Morgan fingerprint density at radius 2 is 1.79 bits per heavy atom. The van der Waals surface area contributed by atoms with Gasteiger partial charge in [0.15, 0.2) is 5.69 Å². The van der Waals surface area contributed by atoms with Crippen molar-refractivity contribution in [2.75, 3.05) is 18.0 Å². The molecule has 0 atom stereocenters. The van der Waals surface area contributed by atoms with Crippen LogP contribution in [0.5, 0.6) is 0 Å². The van der Waals surface area contributed by atoms with Crippen LogP contribution in [-0.4, -0.2) is 32.8 Å². The van der Waals surface area contributed by atoms with Crippen molar-refractivity contribution in [3.05, 3.63) is 58.8 Å². The Morgan fingerprint density at radius 3 is 2.54 bits per heavy atom. The van der Waals surface area contributed by atoms with Gasteiger partial charge < -0.3 is 4.90 Å². The Bertz CT molecular complexity index is 1040. The zero-order valence-corrected chi connectivity index (χ0v) is 14.9. The van der Waals surface area contributed by atoms with Gasteiger partial charge in [0, 0.05) is 31.1 Å². The molecule has 4 rings (SSSR count). The first-order valence-corrected chi connectivity index (χ1v) is 9.02. The molecule has 1 aliphatic rings. The fraction of sp³-hybridized carbons (Fsp3) is 0.368. The minimum atomic E-state index is -4.56. The maximum atomic E-state index is 12.8. The van der Waals surface area contributed by atoms with Crippen molar-refractivity contribution < 1.29 is 13.2 Å². The molecule has 0 saturated carbocycles. The summed E-state index contributed by atoms with van der Waals surface area (Å²) in [5, 5.41) is 4.47. The van der Waals surface area contributed by atoms with Crippen LogP contribution in [0.1, 0.15) is 18.5 Å². The van der Waals surface area contributed by atoms with E-state index in [9.17, 15) is 18.0 Å². The van der Waals surface area contributed by atoms with Crippen LogP contribution in [0.25, 0.3) is 10.9 Å². The summed E-state index contributed by atoms with van der Waals surface area (Å²) >= 11 is 0. The Kier molecular flexibility index (Phi) is 4.74. The average molecular weight is 389 g/mol. The number of halogens is 3. The van der Waals surface area contributed by atoms with Crippen LogP contribution in [0.3, 0.4) is 0 Å². The Labute approximate surface area is 158 Å². The molecule has 1 aromatic carbocycles. The first-order chi connectivity index (χ1) is 13.4. The third kappa shape index (κ3) is 3.69. The zero-order chi connectivity index (χ0) is 19.7. The van der Waals surface area contributed by atoms with Crippen molar-refractivity contribution in [1.82, 2.24) is 19.7 Å². The lowest BCUT2D eigenvalue weighted by Gasteiger charge is -2.33. The van der Waals surface area contributed by atoms with Gasteiger partial charge in [-0.3, -0.25) is 4.79 Å². The quantitative estimate of drug-likeness (QED) is 0.689. The van der Waals surface area contributed by atoms with Crippen molar-refractivity contribution in [2.24, 2.45) is 5.92 Å². The first-order valence-electron chi connectivity index (χ1n) is 9.02. The molecule has 1 aliphatic heterocycles. The molecule has 3 aromatic rings. The fourth-order valence-corrected chi connectivity index (χ4v) is 3.55. The molecule has 0 amide bonds. The molecule has 0 spiro atoms. The largest absolute Gasteiger partial charge is 0.435 e. The number of nitrogens with zero attached hydrogens (tertiary/aromatic N) is 5. The second kappa shape index (κ2) is 7.21. The third-order valence-corrected chi connectivity index (χ3v) is 5.02. The highest BCUT2D eigenvalue weighted by molar-refractivity contribution is 5.89. The Balaban J connectivity index is 1.47. The van der Waals surface area contributed by atoms with Gasteiger partial charge in [-0.15, -0.1) is 0 Å². The number of piperidine rings is 1. The minimum Gasteiger partial charge on any atom is -0.356 e. The van der Waals surface area contributed by atoms with Crippen LogP contribution < -0.4 is 10.5 Å². The lowest BCUT2D eigenvalue weighted by Crippen LogP contribution is -2.37. The maximum absolute atomic E-state index is 12.8. The molecule has 0 bridgehead atoms. The SMILES string of the molecule is O=c1ccc(C(F)(F)F)nn1CC1CCN(c2ncnc3ccccc23)CC1. The number of aromatic nitrogens is 4. The van der Waals surface area contributed by atoms with E-state index in [1.807, 2.05) is 24.3 Å². The van der Waals surface area contributed by atoms with Crippen molar-refractivity contribution in [2.45, 2.75) is 25.6 Å². The molecule has 6 nitrogen and oxygen atoms in total. The van der Waals surface area contributed by atoms with Crippen LogP contribution in [0.4, 0.5) is 19.0 Å². The highest BCUT2D eigenvalue weighted by atomic mass is 19.4. The van der Waals surface area contributed by atoms with Gasteiger partial charge in [-0.05, 0) is 37.0 Å². The lowest BCUT2D eigenvalue weighted by molar-refractivity contribution is -0.142. The molecule has 0 N–H and O–H groups in total. The summed E-state index contributed by atoms with van der Waals surface area (Å²) in [4.78, 5) is 22.7.